The third kappa shape index (κ3) is 3.85. The van der Waals surface area contributed by atoms with Gasteiger partial charge in [-0.2, -0.15) is 0 Å². The molecule has 0 aliphatic rings. The van der Waals surface area contributed by atoms with Crippen molar-refractivity contribution in [2.75, 3.05) is 0 Å². The fraction of sp³-hybridized carbons (Fsp3) is 0. The summed E-state index contributed by atoms with van der Waals surface area (Å²) in [4.78, 5) is 0. The Balaban J connectivity index is 1.61. The van der Waals surface area contributed by atoms with E-state index in [2.05, 4.69) is 0 Å². The van der Waals surface area contributed by atoms with Gasteiger partial charge in [-0.1, -0.05) is 157 Å². The van der Waals surface area contributed by atoms with Crippen LogP contribution in [0.4, 0.5) is 0 Å². The van der Waals surface area contributed by atoms with E-state index in [0.717, 1.165) is 0 Å². The summed E-state index contributed by atoms with van der Waals surface area (Å²) < 4.78 is 252. The lowest BCUT2D eigenvalue weighted by Crippen LogP contribution is -1.91. The molecule has 9 rings (SSSR count). The van der Waals surface area contributed by atoms with Crippen molar-refractivity contribution in [3.05, 3.63) is 169 Å². The summed E-state index contributed by atoms with van der Waals surface area (Å²) in [6.45, 7) is 0. The van der Waals surface area contributed by atoms with Crippen LogP contribution in [0, 0.1) is 0 Å². The largest absolute Gasteiger partial charge is 0.0636 e. The maximum atomic E-state index is 9.91. The Morgan fingerprint density at radius 3 is 1.48 bits per heavy atom. The molecular weight excluding hydrogens is 528 g/mol. The molecule has 0 amide bonds. The average molecular weight is 585 g/mol. The first-order chi connectivity index (χ1) is 33.5. The van der Waals surface area contributed by atoms with E-state index in [1.54, 1.807) is 0 Å². The minimum Gasteiger partial charge on any atom is -0.0616 e. The third-order valence-corrected chi connectivity index (χ3v) is 7.12. The summed E-state index contributed by atoms with van der Waals surface area (Å²) in [7, 11) is 0. The van der Waals surface area contributed by atoms with Crippen molar-refractivity contribution in [1.82, 2.24) is 0 Å². The second-order valence-corrected chi connectivity index (χ2v) is 9.50. The van der Waals surface area contributed by atoms with Gasteiger partial charge in [-0.3, -0.25) is 0 Å². The van der Waals surface area contributed by atoms with Crippen LogP contribution in [0.2, 0.25) is 0 Å². The molecule has 0 radical (unpaired) electrons. The summed E-state index contributed by atoms with van der Waals surface area (Å²) in [6, 6.07) is -26.6. The molecule has 0 spiro atoms. The molecule has 0 heteroatoms. The molecule has 0 N–H and O–H groups in total. The van der Waals surface area contributed by atoms with Gasteiger partial charge in [0.15, 0.2) is 0 Å². The van der Waals surface area contributed by atoms with Gasteiger partial charge in [0.25, 0.3) is 0 Å². The monoisotopic (exact) mass is 584 g/mol. The Hall–Kier alpha value is -5.72. The van der Waals surface area contributed by atoms with E-state index in [-0.39, 0.29) is 0 Å². The second-order valence-electron chi connectivity index (χ2n) is 9.50. The Morgan fingerprint density at radius 2 is 0.773 bits per heavy atom. The van der Waals surface area contributed by atoms with Crippen LogP contribution in [0.1, 0.15) is 38.4 Å². The van der Waals surface area contributed by atoms with Crippen LogP contribution in [-0.4, -0.2) is 0 Å². The van der Waals surface area contributed by atoms with E-state index in [1.807, 2.05) is 0 Å². The smallest absolute Gasteiger partial charge is 0.0616 e. The van der Waals surface area contributed by atoms with E-state index < -0.39 is 256 Å². The standard InChI is InChI=1S/C44H28/c1-2-13-31-27-34(24-23-29(31)11-1)44-41-19-7-5-17-39(41)43(40-18-6-8-20-42(40)44)33-15-9-14-32(28-33)36-21-10-22-37-35-16-4-3-12-30(35)25-26-38(36)37/h1-28H/i1D,2D,3D,4D,5D,6D,7D,8D,9D,10D,11D,12D,13D,14D,15D,16D,17D,18D,19D,20D,21D,22D,23D,24D,25D,26D,27D,28D. The third-order valence-electron chi connectivity index (χ3n) is 7.12. The lowest BCUT2D eigenvalue weighted by atomic mass is 9.85. The number of rotatable bonds is 3. The Kier molecular flexibility index (Phi) is 2.18. The molecule has 9 aromatic carbocycles. The van der Waals surface area contributed by atoms with E-state index >= 15 is 0 Å². The Morgan fingerprint density at radius 1 is 0.273 bits per heavy atom. The zero-order chi connectivity index (χ0) is 53.4. The van der Waals surface area contributed by atoms with Gasteiger partial charge in [-0.15, -0.1) is 0 Å². The van der Waals surface area contributed by atoms with Gasteiger partial charge in [0.2, 0.25) is 0 Å². The minimum absolute atomic E-state index is 0.541. The number of hydrogen-bond donors (Lipinski definition) is 0. The highest BCUT2D eigenvalue weighted by Crippen LogP contribution is 2.45. The molecule has 0 atom stereocenters. The number of fused-ring (bicyclic) bond motifs is 6. The van der Waals surface area contributed by atoms with E-state index in [0.29, 0.717) is 0 Å². The van der Waals surface area contributed by atoms with Crippen molar-refractivity contribution in [1.29, 1.82) is 0 Å². The molecule has 0 unspecified atom stereocenters. The van der Waals surface area contributed by atoms with Crippen molar-refractivity contribution in [3.8, 4) is 33.4 Å². The van der Waals surface area contributed by atoms with E-state index in [1.165, 1.54) is 0 Å². The van der Waals surface area contributed by atoms with Crippen molar-refractivity contribution in [2.45, 2.75) is 0 Å². The van der Waals surface area contributed by atoms with E-state index in [4.69, 9.17) is 21.9 Å². The first kappa shape index (κ1) is 9.64. The van der Waals surface area contributed by atoms with Gasteiger partial charge in [-0.25, -0.2) is 0 Å². The highest BCUT2D eigenvalue weighted by Gasteiger charge is 2.17. The Labute approximate surface area is 295 Å². The second kappa shape index (κ2) is 9.93. The van der Waals surface area contributed by atoms with E-state index in [9.17, 15) is 16.4 Å². The van der Waals surface area contributed by atoms with Crippen molar-refractivity contribution < 1.29 is 38.4 Å². The topological polar surface area (TPSA) is 0 Å². The zero-order valence-electron chi connectivity index (χ0n) is 50.0. The molecule has 0 aromatic heterocycles. The molecule has 0 aliphatic heterocycles. The van der Waals surface area contributed by atoms with Crippen LogP contribution in [0.5, 0.6) is 0 Å². The van der Waals surface area contributed by atoms with Crippen LogP contribution in [0.25, 0.3) is 87.2 Å². The van der Waals surface area contributed by atoms with Crippen LogP contribution in [-0.2, 0) is 0 Å². The van der Waals surface area contributed by atoms with Crippen molar-refractivity contribution >= 4 is 53.9 Å². The normalized spacial score (nSPS) is 20.5. The maximum absolute atomic E-state index is 9.91. The molecule has 204 valence electrons. The van der Waals surface area contributed by atoms with Crippen molar-refractivity contribution in [3.63, 3.8) is 0 Å². The SMILES string of the molecule is [2H]c1c([2H])c(-c2c3c([2H])c([2H])c([2H])c([2H])c3c(-c3c([2H])c([2H])c4c([2H])c([2H])c([2H])c([2H])c4c3[2H])c3c([2H])c([2H])c([2H])c([2H])c23)c([2H])c(-c2c([2H])c([2H])c([2H])c3c2c([2H])c([2H])c2c([2H])c([2H])c([2H])c([2H])c23)c1[2H]. The molecule has 0 saturated heterocycles. The summed E-state index contributed by atoms with van der Waals surface area (Å²) in [5, 5.41) is -6.67. The zero-order valence-corrected chi connectivity index (χ0v) is 22.0. The highest BCUT2D eigenvalue weighted by molar-refractivity contribution is 6.22. The van der Waals surface area contributed by atoms with Gasteiger partial charge < -0.3 is 0 Å². The lowest BCUT2D eigenvalue weighted by Gasteiger charge is -2.18. The molecule has 9 aromatic rings. The summed E-state index contributed by atoms with van der Waals surface area (Å²) >= 11 is 0. The van der Waals surface area contributed by atoms with Crippen molar-refractivity contribution in [2.24, 2.45) is 0 Å². The predicted octanol–water partition coefficient (Wildman–Crippen LogP) is 12.5. The molecule has 0 fully saturated rings. The van der Waals surface area contributed by atoms with Gasteiger partial charge in [-0.05, 0) is 99.3 Å². The molecule has 0 bridgehead atoms. The molecule has 0 saturated carbocycles. The first-order valence-electron chi connectivity index (χ1n) is 27.0. The minimum atomic E-state index is -1.11. The Bertz CT molecular complexity index is 4040. The van der Waals surface area contributed by atoms with Gasteiger partial charge in [0, 0.05) is 0 Å². The maximum Gasteiger partial charge on any atom is 0.0636 e. The quantitative estimate of drug-likeness (QED) is 0.143. The predicted molar refractivity (Wildman–Crippen MR) is 190 cm³/mol. The van der Waals surface area contributed by atoms with Crippen LogP contribution < -0.4 is 0 Å². The van der Waals surface area contributed by atoms with Gasteiger partial charge in [0.05, 0.1) is 38.4 Å². The number of benzene rings is 9. The lowest BCUT2D eigenvalue weighted by molar-refractivity contribution is 1.64. The summed E-state index contributed by atoms with van der Waals surface area (Å²) in [5.74, 6) is 0. The molecule has 0 nitrogen and oxygen atoms in total. The van der Waals surface area contributed by atoms with Crippen LogP contribution >= 0.6 is 0 Å². The van der Waals surface area contributed by atoms with Gasteiger partial charge >= 0.3 is 0 Å². The molecule has 0 aliphatic carbocycles. The molecule has 0 heterocycles. The summed E-state index contributed by atoms with van der Waals surface area (Å²) in [5.41, 5.74) is -4.92. The average Bonchev–Trinajstić information content (AvgIpc) is 3.34. The fourth-order valence-electron chi connectivity index (χ4n) is 5.25. The highest BCUT2D eigenvalue weighted by atomic mass is 14.2. The van der Waals surface area contributed by atoms with Crippen LogP contribution in [0.15, 0.2) is 169 Å². The molecular formula is C44H28. The molecule has 44 heavy (non-hydrogen) atoms. The fourth-order valence-corrected chi connectivity index (χ4v) is 5.25. The number of hydrogen-bond acceptors (Lipinski definition) is 0. The first-order valence-corrected chi connectivity index (χ1v) is 13.0. The van der Waals surface area contributed by atoms with Gasteiger partial charge in [0.1, 0.15) is 0 Å². The van der Waals surface area contributed by atoms with Crippen LogP contribution in [0.3, 0.4) is 0 Å². The summed E-state index contributed by atoms with van der Waals surface area (Å²) in [6.07, 6.45) is 0.